The summed E-state index contributed by atoms with van der Waals surface area (Å²) < 4.78 is 0. The van der Waals surface area contributed by atoms with Gasteiger partial charge in [-0.25, -0.2) is 0 Å². The lowest BCUT2D eigenvalue weighted by atomic mass is 9.86. The maximum absolute atomic E-state index is 11.7. The van der Waals surface area contributed by atoms with Crippen molar-refractivity contribution >= 4 is 17.6 Å². The van der Waals surface area contributed by atoms with E-state index in [2.05, 4.69) is 29.6 Å². The van der Waals surface area contributed by atoms with Crippen molar-refractivity contribution in [3.8, 4) is 0 Å². The van der Waals surface area contributed by atoms with Gasteiger partial charge in [-0.1, -0.05) is 12.1 Å². The third-order valence-corrected chi connectivity index (χ3v) is 4.95. The van der Waals surface area contributed by atoms with Crippen LogP contribution in [-0.4, -0.2) is 34.5 Å². The number of amides is 1. The molecule has 124 valence electrons. The molecule has 2 N–H and O–H groups in total. The molecular formula is C18H24N2O3. The fourth-order valence-corrected chi connectivity index (χ4v) is 3.52. The van der Waals surface area contributed by atoms with E-state index in [1.807, 2.05) is 4.90 Å². The van der Waals surface area contributed by atoms with Gasteiger partial charge in [-0.15, -0.1) is 0 Å². The summed E-state index contributed by atoms with van der Waals surface area (Å²) in [5.74, 6) is -0.583. The Morgan fingerprint density at radius 3 is 2.43 bits per heavy atom. The number of carboxylic acids is 1. The highest BCUT2D eigenvalue weighted by Crippen LogP contribution is 2.27. The smallest absolute Gasteiger partial charge is 0.306 e. The molecule has 1 saturated heterocycles. The van der Waals surface area contributed by atoms with Crippen molar-refractivity contribution in [3.05, 3.63) is 29.8 Å². The number of likely N-dealkylation sites (tertiary alicyclic amines) is 1. The molecule has 0 spiro atoms. The van der Waals surface area contributed by atoms with Crippen LogP contribution in [0.25, 0.3) is 0 Å². The number of hydrogen-bond donors (Lipinski definition) is 2. The van der Waals surface area contributed by atoms with Crippen molar-refractivity contribution in [1.82, 2.24) is 4.90 Å². The quantitative estimate of drug-likeness (QED) is 0.876. The van der Waals surface area contributed by atoms with Gasteiger partial charge in [-0.05, 0) is 49.8 Å². The van der Waals surface area contributed by atoms with Gasteiger partial charge in [0.25, 0.3) is 0 Å². The molecule has 1 saturated carbocycles. The standard InChI is InChI=1S/C18H24N2O3/c21-17-2-1-11-20(17)12-13-3-7-15(8-4-13)19-16-9-5-14(6-10-16)18(22)23/h3-4,7-8,14,16,19H,1-2,5-6,9-12H2,(H,22,23). The van der Waals surface area contributed by atoms with E-state index in [4.69, 9.17) is 5.11 Å². The second-order valence-electron chi connectivity index (χ2n) is 6.65. The Kier molecular flexibility index (Phi) is 4.84. The lowest BCUT2D eigenvalue weighted by Gasteiger charge is -2.27. The van der Waals surface area contributed by atoms with E-state index in [1.54, 1.807) is 0 Å². The average molecular weight is 316 g/mol. The Bertz CT molecular complexity index is 562. The molecule has 1 amide bonds. The zero-order valence-corrected chi connectivity index (χ0v) is 13.3. The Morgan fingerprint density at radius 1 is 1.17 bits per heavy atom. The van der Waals surface area contributed by atoms with Gasteiger partial charge in [0.15, 0.2) is 0 Å². The molecule has 1 aromatic carbocycles. The first-order chi connectivity index (χ1) is 11.1. The SMILES string of the molecule is O=C(O)C1CCC(Nc2ccc(CN3CCCC3=O)cc2)CC1. The van der Waals surface area contributed by atoms with Gasteiger partial charge in [-0.2, -0.15) is 0 Å². The van der Waals surface area contributed by atoms with Gasteiger partial charge in [0.05, 0.1) is 5.92 Å². The summed E-state index contributed by atoms with van der Waals surface area (Å²) in [5.41, 5.74) is 2.22. The van der Waals surface area contributed by atoms with Crippen LogP contribution in [0.5, 0.6) is 0 Å². The van der Waals surface area contributed by atoms with Crippen molar-refractivity contribution in [2.45, 2.75) is 51.1 Å². The van der Waals surface area contributed by atoms with E-state index in [0.29, 0.717) is 19.0 Å². The summed E-state index contributed by atoms with van der Waals surface area (Å²) in [7, 11) is 0. The Balaban J connectivity index is 1.50. The summed E-state index contributed by atoms with van der Waals surface area (Å²) in [6, 6.07) is 8.60. The zero-order chi connectivity index (χ0) is 16.2. The molecule has 0 radical (unpaired) electrons. The molecule has 2 fully saturated rings. The fraction of sp³-hybridized carbons (Fsp3) is 0.556. The van der Waals surface area contributed by atoms with Crippen LogP contribution in [0.3, 0.4) is 0 Å². The van der Waals surface area contributed by atoms with Crippen LogP contribution < -0.4 is 5.32 Å². The monoisotopic (exact) mass is 316 g/mol. The van der Waals surface area contributed by atoms with Gasteiger partial charge in [0, 0.05) is 31.2 Å². The summed E-state index contributed by atoms with van der Waals surface area (Å²) in [4.78, 5) is 24.5. The van der Waals surface area contributed by atoms with Gasteiger partial charge in [0.2, 0.25) is 5.91 Å². The molecule has 23 heavy (non-hydrogen) atoms. The first-order valence-corrected chi connectivity index (χ1v) is 8.48. The maximum atomic E-state index is 11.7. The van der Waals surface area contributed by atoms with Gasteiger partial charge >= 0.3 is 5.97 Å². The number of carbonyl (C=O) groups excluding carboxylic acids is 1. The Hall–Kier alpha value is -2.04. The minimum Gasteiger partial charge on any atom is -0.481 e. The molecule has 1 heterocycles. The van der Waals surface area contributed by atoms with E-state index >= 15 is 0 Å². The predicted octanol–water partition coefficient (Wildman–Crippen LogP) is 2.86. The number of benzene rings is 1. The van der Waals surface area contributed by atoms with Gasteiger partial charge in [-0.3, -0.25) is 9.59 Å². The topological polar surface area (TPSA) is 69.6 Å². The van der Waals surface area contributed by atoms with Crippen molar-refractivity contribution in [3.63, 3.8) is 0 Å². The highest BCUT2D eigenvalue weighted by molar-refractivity contribution is 5.78. The van der Waals surface area contributed by atoms with E-state index in [1.165, 1.54) is 0 Å². The zero-order valence-electron chi connectivity index (χ0n) is 13.3. The summed E-state index contributed by atoms with van der Waals surface area (Å²) >= 11 is 0. The third-order valence-electron chi connectivity index (χ3n) is 4.95. The summed E-state index contributed by atoms with van der Waals surface area (Å²) in [6.45, 7) is 1.56. The van der Waals surface area contributed by atoms with Gasteiger partial charge < -0.3 is 15.3 Å². The Morgan fingerprint density at radius 2 is 1.87 bits per heavy atom. The molecule has 1 aromatic rings. The van der Waals surface area contributed by atoms with E-state index in [0.717, 1.165) is 49.9 Å². The van der Waals surface area contributed by atoms with Crippen molar-refractivity contribution in [2.75, 3.05) is 11.9 Å². The van der Waals surface area contributed by atoms with Crippen LogP contribution in [0.15, 0.2) is 24.3 Å². The molecule has 5 heteroatoms. The van der Waals surface area contributed by atoms with Crippen molar-refractivity contribution in [2.24, 2.45) is 5.92 Å². The molecular weight excluding hydrogens is 292 g/mol. The Labute approximate surface area is 136 Å². The van der Waals surface area contributed by atoms with Crippen LogP contribution in [0.2, 0.25) is 0 Å². The van der Waals surface area contributed by atoms with Crippen molar-refractivity contribution < 1.29 is 14.7 Å². The highest BCUT2D eigenvalue weighted by Gasteiger charge is 2.25. The number of hydrogen-bond acceptors (Lipinski definition) is 3. The molecule has 1 aliphatic heterocycles. The molecule has 5 nitrogen and oxygen atoms in total. The third kappa shape index (κ3) is 4.03. The van der Waals surface area contributed by atoms with E-state index < -0.39 is 5.97 Å². The highest BCUT2D eigenvalue weighted by atomic mass is 16.4. The number of carboxylic acid groups (broad SMARTS) is 1. The van der Waals surface area contributed by atoms with Crippen LogP contribution in [0.4, 0.5) is 5.69 Å². The maximum Gasteiger partial charge on any atom is 0.306 e. The minimum atomic E-state index is -0.663. The summed E-state index contributed by atoms with van der Waals surface area (Å²) in [6.07, 6.45) is 4.96. The number of carbonyl (C=O) groups is 2. The molecule has 1 aliphatic carbocycles. The number of nitrogens with one attached hydrogen (secondary N) is 1. The number of rotatable bonds is 5. The lowest BCUT2D eigenvalue weighted by molar-refractivity contribution is -0.142. The number of nitrogens with zero attached hydrogens (tertiary/aromatic N) is 1. The van der Waals surface area contributed by atoms with Crippen LogP contribution in [-0.2, 0) is 16.1 Å². The van der Waals surface area contributed by atoms with Crippen molar-refractivity contribution in [1.29, 1.82) is 0 Å². The molecule has 0 unspecified atom stereocenters. The fourth-order valence-electron chi connectivity index (χ4n) is 3.52. The van der Waals surface area contributed by atoms with Crippen LogP contribution in [0, 0.1) is 5.92 Å². The second kappa shape index (κ2) is 7.02. The second-order valence-corrected chi connectivity index (χ2v) is 6.65. The summed E-state index contributed by atoms with van der Waals surface area (Å²) in [5, 5.41) is 12.5. The first kappa shape index (κ1) is 15.8. The lowest BCUT2D eigenvalue weighted by Crippen LogP contribution is -2.29. The molecule has 0 atom stereocenters. The molecule has 0 bridgehead atoms. The van der Waals surface area contributed by atoms with Gasteiger partial charge in [0.1, 0.15) is 0 Å². The minimum absolute atomic E-state index is 0.173. The predicted molar refractivity (Wildman–Crippen MR) is 88.1 cm³/mol. The molecule has 3 rings (SSSR count). The largest absolute Gasteiger partial charge is 0.481 e. The number of aliphatic carboxylic acids is 1. The number of anilines is 1. The van der Waals surface area contributed by atoms with E-state index in [-0.39, 0.29) is 11.8 Å². The van der Waals surface area contributed by atoms with E-state index in [9.17, 15) is 9.59 Å². The molecule has 2 aliphatic rings. The first-order valence-electron chi connectivity index (χ1n) is 8.48. The average Bonchev–Trinajstić information content (AvgIpc) is 2.95. The van der Waals surface area contributed by atoms with Crippen LogP contribution >= 0.6 is 0 Å². The normalized spacial score (nSPS) is 24.7. The van der Waals surface area contributed by atoms with Crippen LogP contribution in [0.1, 0.15) is 44.1 Å². The molecule has 0 aromatic heterocycles.